The van der Waals surface area contributed by atoms with Crippen LogP contribution in [0.4, 0.5) is 10.1 Å². The zero-order chi connectivity index (χ0) is 27.9. The maximum absolute atomic E-state index is 16.2. The fourth-order valence-corrected chi connectivity index (χ4v) is 4.87. The van der Waals surface area contributed by atoms with Crippen LogP contribution >= 0.6 is 0 Å². The van der Waals surface area contributed by atoms with Crippen molar-refractivity contribution in [3.05, 3.63) is 103 Å². The number of fused-ring (bicyclic) bond motifs is 2. The van der Waals surface area contributed by atoms with E-state index in [1.165, 1.54) is 6.20 Å². The van der Waals surface area contributed by atoms with Crippen LogP contribution < -0.4 is 5.32 Å². The molecule has 0 aliphatic carbocycles. The summed E-state index contributed by atoms with van der Waals surface area (Å²) >= 11 is 0. The minimum Gasteiger partial charge on any atom is -0.336 e. The number of carbonyl (C=O) groups is 1. The molecule has 200 valence electrons. The molecule has 0 fully saturated rings. The quantitative estimate of drug-likeness (QED) is 0.258. The topological polar surface area (TPSA) is 130 Å². The molecule has 11 heteroatoms. The Morgan fingerprint density at radius 2 is 1.93 bits per heavy atom. The van der Waals surface area contributed by atoms with E-state index in [1.54, 1.807) is 47.6 Å². The van der Waals surface area contributed by atoms with Gasteiger partial charge in [-0.2, -0.15) is 5.10 Å². The summed E-state index contributed by atoms with van der Waals surface area (Å²) < 4.78 is 18.0. The number of anilines is 1. The Labute approximate surface area is 232 Å². The molecule has 2 aromatic carbocycles. The number of benzene rings is 2. The second-order valence-corrected chi connectivity index (χ2v) is 9.63. The van der Waals surface area contributed by atoms with Crippen molar-refractivity contribution >= 4 is 33.5 Å². The molecule has 0 radical (unpaired) electrons. The molecule has 0 aliphatic heterocycles. The van der Waals surface area contributed by atoms with E-state index in [4.69, 9.17) is 4.98 Å². The lowest BCUT2D eigenvalue weighted by Crippen LogP contribution is -2.14. The lowest BCUT2D eigenvalue weighted by atomic mass is 10.0. The third kappa shape index (κ3) is 4.48. The number of aryl methyl sites for hydroxylation is 1. The van der Waals surface area contributed by atoms with Crippen molar-refractivity contribution in [2.24, 2.45) is 0 Å². The number of amides is 1. The van der Waals surface area contributed by atoms with Gasteiger partial charge >= 0.3 is 0 Å². The SMILES string of the molecule is Cc1cn(-c2nccc3[nH]c(-c4n[nH]c5ccc(-c6cncc(NC(=O)Cc7ccccc7)c6)c(F)c45)nc23)cn1. The van der Waals surface area contributed by atoms with Crippen LogP contribution in [0.1, 0.15) is 11.3 Å². The van der Waals surface area contributed by atoms with Gasteiger partial charge in [0.15, 0.2) is 11.6 Å². The molecule has 0 saturated heterocycles. The van der Waals surface area contributed by atoms with Gasteiger partial charge in [-0.1, -0.05) is 30.3 Å². The summed E-state index contributed by atoms with van der Waals surface area (Å²) in [5.74, 6) is 0.329. The van der Waals surface area contributed by atoms with E-state index in [2.05, 4.69) is 35.5 Å². The van der Waals surface area contributed by atoms with Crippen LogP contribution in [0, 0.1) is 12.7 Å². The van der Waals surface area contributed by atoms with Gasteiger partial charge in [-0.05, 0) is 36.8 Å². The molecule has 7 aromatic rings. The summed E-state index contributed by atoms with van der Waals surface area (Å²) in [5.41, 5.74) is 5.24. The smallest absolute Gasteiger partial charge is 0.228 e. The second kappa shape index (κ2) is 9.79. The molecule has 0 bridgehead atoms. The predicted octanol–water partition coefficient (Wildman–Crippen LogP) is 5.38. The number of nitrogens with one attached hydrogen (secondary N) is 3. The number of H-pyrrole nitrogens is 2. The first-order valence-electron chi connectivity index (χ1n) is 12.9. The molecule has 0 spiro atoms. The molecule has 1 amide bonds. The first-order valence-corrected chi connectivity index (χ1v) is 12.9. The molecule has 7 rings (SSSR count). The number of pyridine rings is 2. The molecule has 0 saturated carbocycles. The molecule has 5 aromatic heterocycles. The Bertz CT molecular complexity index is 2060. The Hall–Kier alpha value is -5.71. The van der Waals surface area contributed by atoms with E-state index < -0.39 is 5.82 Å². The Balaban J connectivity index is 1.24. The number of imidazole rings is 2. The van der Waals surface area contributed by atoms with Gasteiger partial charge in [0.2, 0.25) is 5.91 Å². The summed E-state index contributed by atoms with van der Waals surface area (Å²) in [6.07, 6.45) is 8.52. The number of aromatic amines is 2. The van der Waals surface area contributed by atoms with Crippen molar-refractivity contribution < 1.29 is 9.18 Å². The van der Waals surface area contributed by atoms with E-state index in [1.807, 2.05) is 43.5 Å². The lowest BCUT2D eigenvalue weighted by Gasteiger charge is -2.09. The number of hydrogen-bond acceptors (Lipinski definition) is 6. The molecule has 3 N–H and O–H groups in total. The van der Waals surface area contributed by atoms with Crippen LogP contribution in [-0.2, 0) is 11.2 Å². The first-order chi connectivity index (χ1) is 20.0. The van der Waals surface area contributed by atoms with Gasteiger partial charge in [-0.15, -0.1) is 0 Å². The number of rotatable bonds is 6. The second-order valence-electron chi connectivity index (χ2n) is 9.63. The van der Waals surface area contributed by atoms with E-state index in [0.29, 0.717) is 45.2 Å². The van der Waals surface area contributed by atoms with E-state index in [9.17, 15) is 4.79 Å². The molecule has 0 atom stereocenters. The standard InChI is InChI=1S/C30H22FN9O/c1-17-15-40(16-34-17)30-27-23(9-10-33-30)36-29(37-27)28-25-22(38-39-28)8-7-21(26(25)31)19-12-20(14-32-13-19)35-24(41)11-18-5-3-2-4-6-18/h2-10,12-16H,11H2,1H3,(H,35,41)(H,36,37)(H,38,39). The third-order valence-electron chi connectivity index (χ3n) is 6.77. The molecule has 0 unspecified atom stereocenters. The average Bonchev–Trinajstić information content (AvgIpc) is 3.72. The van der Waals surface area contributed by atoms with Crippen LogP contribution in [0.2, 0.25) is 0 Å². The van der Waals surface area contributed by atoms with Crippen molar-refractivity contribution in [3.63, 3.8) is 0 Å². The molecular formula is C30H22FN9O. The predicted molar refractivity (Wildman–Crippen MR) is 153 cm³/mol. The zero-order valence-corrected chi connectivity index (χ0v) is 21.8. The summed E-state index contributed by atoms with van der Waals surface area (Å²) in [5, 5.41) is 10.4. The van der Waals surface area contributed by atoms with Gasteiger partial charge in [0, 0.05) is 29.7 Å². The van der Waals surface area contributed by atoms with Crippen molar-refractivity contribution in [2.45, 2.75) is 13.3 Å². The van der Waals surface area contributed by atoms with Crippen molar-refractivity contribution in [1.29, 1.82) is 0 Å². The largest absolute Gasteiger partial charge is 0.336 e. The fraction of sp³-hybridized carbons (Fsp3) is 0.0667. The minimum absolute atomic E-state index is 0.187. The van der Waals surface area contributed by atoms with Gasteiger partial charge in [-0.25, -0.2) is 19.3 Å². The van der Waals surface area contributed by atoms with Crippen LogP contribution in [0.3, 0.4) is 0 Å². The van der Waals surface area contributed by atoms with Gasteiger partial charge in [0.05, 0.1) is 40.4 Å². The van der Waals surface area contributed by atoms with Crippen LogP contribution in [0.5, 0.6) is 0 Å². The molecule has 10 nitrogen and oxygen atoms in total. The molecule has 0 aliphatic rings. The van der Waals surface area contributed by atoms with Crippen LogP contribution in [0.15, 0.2) is 85.7 Å². The Kier molecular flexibility index (Phi) is 5.81. The third-order valence-corrected chi connectivity index (χ3v) is 6.77. The summed E-state index contributed by atoms with van der Waals surface area (Å²) in [7, 11) is 0. The highest BCUT2D eigenvalue weighted by molar-refractivity contribution is 5.97. The van der Waals surface area contributed by atoms with E-state index in [0.717, 1.165) is 16.8 Å². The lowest BCUT2D eigenvalue weighted by molar-refractivity contribution is -0.115. The average molecular weight is 544 g/mol. The fourth-order valence-electron chi connectivity index (χ4n) is 4.87. The first kappa shape index (κ1) is 24.3. The highest BCUT2D eigenvalue weighted by Crippen LogP contribution is 2.34. The Morgan fingerprint density at radius 1 is 1.05 bits per heavy atom. The van der Waals surface area contributed by atoms with E-state index >= 15 is 4.39 Å². The summed E-state index contributed by atoms with van der Waals surface area (Å²) in [6, 6.07) is 16.4. The van der Waals surface area contributed by atoms with Crippen molar-refractivity contribution in [1.82, 2.24) is 39.7 Å². The highest BCUT2D eigenvalue weighted by Gasteiger charge is 2.21. The van der Waals surface area contributed by atoms with Crippen LogP contribution in [-0.4, -0.2) is 45.6 Å². The number of nitrogens with zero attached hydrogens (tertiary/aromatic N) is 6. The van der Waals surface area contributed by atoms with Crippen molar-refractivity contribution in [3.8, 4) is 28.5 Å². The zero-order valence-electron chi connectivity index (χ0n) is 21.8. The van der Waals surface area contributed by atoms with Gasteiger partial charge in [-0.3, -0.25) is 19.4 Å². The maximum atomic E-state index is 16.2. The molecule has 41 heavy (non-hydrogen) atoms. The number of hydrogen-bond donors (Lipinski definition) is 3. The monoisotopic (exact) mass is 543 g/mol. The van der Waals surface area contributed by atoms with Crippen molar-refractivity contribution in [2.75, 3.05) is 5.32 Å². The Morgan fingerprint density at radius 3 is 2.76 bits per heavy atom. The number of carbonyl (C=O) groups excluding carboxylic acids is 1. The number of aromatic nitrogens is 8. The summed E-state index contributed by atoms with van der Waals surface area (Å²) in [4.78, 5) is 33.6. The molecular weight excluding hydrogens is 521 g/mol. The number of halogens is 1. The normalized spacial score (nSPS) is 11.4. The van der Waals surface area contributed by atoms with Crippen LogP contribution in [0.25, 0.3) is 50.4 Å². The molecule has 5 heterocycles. The maximum Gasteiger partial charge on any atom is 0.228 e. The minimum atomic E-state index is -0.482. The van der Waals surface area contributed by atoms with Gasteiger partial charge in [0.25, 0.3) is 0 Å². The van der Waals surface area contributed by atoms with Gasteiger partial charge in [0.1, 0.15) is 23.4 Å². The van der Waals surface area contributed by atoms with Gasteiger partial charge < -0.3 is 10.3 Å². The summed E-state index contributed by atoms with van der Waals surface area (Å²) in [6.45, 7) is 1.90. The van der Waals surface area contributed by atoms with E-state index in [-0.39, 0.29) is 17.7 Å². The highest BCUT2D eigenvalue weighted by atomic mass is 19.1.